The molecule has 2 saturated heterocycles. The van der Waals surface area contributed by atoms with Gasteiger partial charge in [-0.15, -0.1) is 0 Å². The minimum absolute atomic E-state index is 0.224. The van der Waals surface area contributed by atoms with Crippen LogP contribution in [0.1, 0.15) is 0 Å². The number of imidazole rings is 1. The molecule has 0 amide bonds. The van der Waals surface area contributed by atoms with Gasteiger partial charge >= 0.3 is 0 Å². The van der Waals surface area contributed by atoms with Crippen LogP contribution in [0.15, 0.2) is 48.5 Å². The van der Waals surface area contributed by atoms with Gasteiger partial charge in [0.25, 0.3) is 6.01 Å². The van der Waals surface area contributed by atoms with Gasteiger partial charge in [0.15, 0.2) is 11.8 Å². The summed E-state index contributed by atoms with van der Waals surface area (Å²) < 4.78 is 36.2. The second kappa shape index (κ2) is 8.76. The minimum Gasteiger partial charge on any atom is -0.497 e. The van der Waals surface area contributed by atoms with Crippen molar-refractivity contribution in [1.29, 1.82) is 0 Å². The van der Waals surface area contributed by atoms with Crippen LogP contribution in [-0.4, -0.2) is 64.8 Å². The van der Waals surface area contributed by atoms with Crippen molar-refractivity contribution in [2.24, 2.45) is 0 Å². The maximum atomic E-state index is 13.9. The molecule has 0 bridgehead atoms. The average Bonchev–Trinajstić information content (AvgIpc) is 3.55. The summed E-state index contributed by atoms with van der Waals surface area (Å²) in [6.07, 6.45) is -1.77. The number of hydrogen-bond acceptors (Lipinski definition) is 7. The van der Waals surface area contributed by atoms with Crippen molar-refractivity contribution >= 4 is 22.8 Å². The predicted molar refractivity (Wildman–Crippen MR) is 126 cm³/mol. The molecular weight excluding hydrogens is 477 g/mol. The Kier molecular flexibility index (Phi) is 5.57. The number of aromatic amines is 1. The standard InChI is InChI=1S/C25H21ClFN3O5/c1-32-16-7-14(6-15(27)8-16)12-2-4-13(5-3-12)21-17(26)9-18-24(29-21)30-25(28-18)35-20-11-34-22-19(31)10-33-23(20)22/h2-9,19-20,22-23,31H,10-11H2,1H3,(H,28,29,30)/t19-,20-,22-,23-/m1/s1. The van der Waals surface area contributed by atoms with Crippen molar-refractivity contribution in [2.45, 2.75) is 24.4 Å². The molecule has 2 aliphatic heterocycles. The lowest BCUT2D eigenvalue weighted by Gasteiger charge is -2.15. The lowest BCUT2D eigenvalue weighted by atomic mass is 10.0. The Hall–Kier alpha value is -3.24. The van der Waals surface area contributed by atoms with Crippen molar-refractivity contribution in [2.75, 3.05) is 20.3 Å². The highest BCUT2D eigenvalue weighted by molar-refractivity contribution is 6.33. The number of ether oxygens (including phenoxy) is 4. The van der Waals surface area contributed by atoms with Gasteiger partial charge in [-0.1, -0.05) is 35.9 Å². The summed E-state index contributed by atoms with van der Waals surface area (Å²) in [5.74, 6) is 0.0802. The fraction of sp³-hybridized carbons (Fsp3) is 0.280. The van der Waals surface area contributed by atoms with E-state index in [1.54, 1.807) is 12.1 Å². The zero-order chi connectivity index (χ0) is 24.1. The van der Waals surface area contributed by atoms with Crippen molar-refractivity contribution in [1.82, 2.24) is 15.0 Å². The van der Waals surface area contributed by atoms with Crippen LogP contribution in [0.4, 0.5) is 4.39 Å². The maximum absolute atomic E-state index is 13.9. The van der Waals surface area contributed by atoms with E-state index in [1.165, 1.54) is 19.2 Å². The molecule has 2 aromatic carbocycles. The number of rotatable bonds is 5. The molecule has 2 aliphatic rings. The first-order valence-corrected chi connectivity index (χ1v) is 11.5. The summed E-state index contributed by atoms with van der Waals surface area (Å²) in [5, 5.41) is 10.4. The second-order valence-corrected chi connectivity index (χ2v) is 8.92. The van der Waals surface area contributed by atoms with E-state index in [1.807, 2.05) is 24.3 Å². The number of aliphatic hydroxyl groups is 1. The molecule has 180 valence electrons. The molecular formula is C25H21ClFN3O5. The van der Waals surface area contributed by atoms with E-state index in [9.17, 15) is 9.50 Å². The number of fused-ring (bicyclic) bond motifs is 2. The third-order valence-corrected chi connectivity index (χ3v) is 6.54. The normalized spacial score (nSPS) is 23.5. The minimum atomic E-state index is -0.651. The van der Waals surface area contributed by atoms with E-state index in [0.29, 0.717) is 39.8 Å². The van der Waals surface area contributed by atoms with Gasteiger partial charge in [-0.3, -0.25) is 0 Å². The zero-order valence-electron chi connectivity index (χ0n) is 18.6. The molecule has 6 rings (SSSR count). The fourth-order valence-corrected chi connectivity index (χ4v) is 4.77. The molecule has 10 heteroatoms. The van der Waals surface area contributed by atoms with Crippen LogP contribution in [0.2, 0.25) is 5.02 Å². The van der Waals surface area contributed by atoms with Crippen LogP contribution in [0.5, 0.6) is 11.8 Å². The van der Waals surface area contributed by atoms with E-state index in [0.717, 1.165) is 11.1 Å². The first-order chi connectivity index (χ1) is 17.0. The van der Waals surface area contributed by atoms with Crippen LogP contribution in [0, 0.1) is 5.82 Å². The largest absolute Gasteiger partial charge is 0.497 e. The number of methoxy groups -OCH3 is 1. The first-order valence-electron chi connectivity index (χ1n) is 11.1. The van der Waals surface area contributed by atoms with Gasteiger partial charge in [0.1, 0.15) is 29.9 Å². The van der Waals surface area contributed by atoms with E-state index in [-0.39, 0.29) is 36.7 Å². The summed E-state index contributed by atoms with van der Waals surface area (Å²) in [7, 11) is 1.50. The highest BCUT2D eigenvalue weighted by Crippen LogP contribution is 2.33. The van der Waals surface area contributed by atoms with E-state index >= 15 is 0 Å². The molecule has 4 heterocycles. The van der Waals surface area contributed by atoms with Gasteiger partial charge in [-0.2, -0.15) is 4.98 Å². The van der Waals surface area contributed by atoms with Crippen LogP contribution in [-0.2, 0) is 9.47 Å². The molecule has 0 radical (unpaired) electrons. The van der Waals surface area contributed by atoms with Crippen molar-refractivity contribution in [3.8, 4) is 34.1 Å². The molecule has 4 aromatic rings. The molecule has 0 saturated carbocycles. The average molecular weight is 498 g/mol. The summed E-state index contributed by atoms with van der Waals surface area (Å²) in [5.41, 5.74) is 3.95. The van der Waals surface area contributed by atoms with E-state index in [2.05, 4.69) is 15.0 Å². The SMILES string of the molecule is COc1cc(F)cc(-c2ccc(-c3nc4nc(O[C@@H]5CO[C@H]6[C@@H]5OC[C@H]6O)[nH]c4cc3Cl)cc2)c1. The lowest BCUT2D eigenvalue weighted by molar-refractivity contribution is 0.00706. The molecule has 0 aliphatic carbocycles. The number of H-pyrrole nitrogens is 1. The third kappa shape index (κ3) is 4.10. The first kappa shape index (κ1) is 22.2. The Balaban J connectivity index is 1.25. The van der Waals surface area contributed by atoms with Crippen LogP contribution < -0.4 is 9.47 Å². The third-order valence-electron chi connectivity index (χ3n) is 6.25. The molecule has 8 nitrogen and oxygen atoms in total. The molecule has 2 aromatic heterocycles. The zero-order valence-corrected chi connectivity index (χ0v) is 19.3. The Morgan fingerprint density at radius 1 is 1.00 bits per heavy atom. The monoisotopic (exact) mass is 497 g/mol. The number of aromatic nitrogens is 3. The molecule has 0 unspecified atom stereocenters. The number of nitrogens with one attached hydrogen (secondary N) is 1. The van der Waals surface area contributed by atoms with Crippen LogP contribution in [0.25, 0.3) is 33.5 Å². The Bertz CT molecular complexity index is 1400. The van der Waals surface area contributed by atoms with Gasteiger partial charge in [0, 0.05) is 11.6 Å². The number of halogens is 2. The van der Waals surface area contributed by atoms with E-state index in [4.69, 9.17) is 30.5 Å². The molecule has 35 heavy (non-hydrogen) atoms. The van der Waals surface area contributed by atoms with Gasteiger partial charge in [-0.25, -0.2) is 9.37 Å². The lowest BCUT2D eigenvalue weighted by Crippen LogP contribution is -2.34. The van der Waals surface area contributed by atoms with Gasteiger partial charge in [0.05, 0.1) is 36.6 Å². The summed E-state index contributed by atoms with van der Waals surface area (Å²) in [6.45, 7) is 0.522. The van der Waals surface area contributed by atoms with Crippen molar-refractivity contribution < 1.29 is 28.4 Å². The fourth-order valence-electron chi connectivity index (χ4n) is 4.51. The summed E-state index contributed by atoms with van der Waals surface area (Å²) >= 11 is 6.54. The van der Waals surface area contributed by atoms with Gasteiger partial charge in [-0.05, 0) is 29.3 Å². The number of aliphatic hydroxyl groups excluding tert-OH is 1. The molecule has 4 atom stereocenters. The maximum Gasteiger partial charge on any atom is 0.296 e. The Morgan fingerprint density at radius 2 is 1.77 bits per heavy atom. The van der Waals surface area contributed by atoms with Gasteiger partial charge in [0.2, 0.25) is 0 Å². The summed E-state index contributed by atoms with van der Waals surface area (Å²) in [6, 6.07) is 14.1. The second-order valence-electron chi connectivity index (χ2n) is 8.51. The van der Waals surface area contributed by atoms with Crippen molar-refractivity contribution in [3.05, 3.63) is 59.4 Å². The number of benzene rings is 2. The molecule has 2 N–H and O–H groups in total. The molecule has 0 spiro atoms. The number of nitrogens with zero attached hydrogens (tertiary/aromatic N) is 2. The quantitative estimate of drug-likeness (QED) is 0.430. The van der Waals surface area contributed by atoms with Crippen molar-refractivity contribution in [3.63, 3.8) is 0 Å². The van der Waals surface area contributed by atoms with Gasteiger partial charge < -0.3 is 29.0 Å². The Morgan fingerprint density at radius 3 is 2.57 bits per heavy atom. The Labute approximate surface area is 204 Å². The number of hydrogen-bond donors (Lipinski definition) is 2. The summed E-state index contributed by atoms with van der Waals surface area (Å²) in [4.78, 5) is 12.2. The topological polar surface area (TPSA) is 98.7 Å². The highest BCUT2D eigenvalue weighted by Gasteiger charge is 2.48. The number of pyridine rings is 1. The van der Waals surface area contributed by atoms with Crippen LogP contribution >= 0.6 is 11.6 Å². The highest BCUT2D eigenvalue weighted by atomic mass is 35.5. The predicted octanol–water partition coefficient (Wildman–Crippen LogP) is 4.00. The molecule has 2 fully saturated rings. The van der Waals surface area contributed by atoms with E-state index < -0.39 is 6.10 Å². The van der Waals surface area contributed by atoms with Crippen LogP contribution in [0.3, 0.4) is 0 Å². The smallest absolute Gasteiger partial charge is 0.296 e.